The Morgan fingerprint density at radius 3 is 2.65 bits per heavy atom. The lowest BCUT2D eigenvalue weighted by Crippen LogP contribution is -2.15. The van der Waals surface area contributed by atoms with Crippen molar-refractivity contribution < 1.29 is 4.79 Å². The van der Waals surface area contributed by atoms with Gasteiger partial charge in [-0.15, -0.1) is 0 Å². The zero-order valence-electron chi connectivity index (χ0n) is 12.5. The van der Waals surface area contributed by atoms with Gasteiger partial charge in [-0.25, -0.2) is 4.98 Å². The van der Waals surface area contributed by atoms with Crippen LogP contribution in [0.25, 0.3) is 22.9 Å². The highest BCUT2D eigenvalue weighted by Crippen LogP contribution is 2.20. The number of carbonyl (C=O) groups excluding carboxylic acids is 1. The van der Waals surface area contributed by atoms with E-state index in [2.05, 4.69) is 23.5 Å². The van der Waals surface area contributed by atoms with Gasteiger partial charge in [0.05, 0.1) is 11.0 Å². The number of nitrogens with two attached hydrogens (primary N) is 1. The smallest absolute Gasteiger partial charge is 0.258 e. The van der Waals surface area contributed by atoms with E-state index in [9.17, 15) is 4.79 Å². The number of para-hydroxylation sites is 2. The van der Waals surface area contributed by atoms with Gasteiger partial charge in [0, 0.05) is 17.5 Å². The number of benzene rings is 2. The van der Waals surface area contributed by atoms with E-state index >= 15 is 0 Å². The van der Waals surface area contributed by atoms with Crippen molar-refractivity contribution in [3.05, 3.63) is 72.8 Å². The maximum absolute atomic E-state index is 12.5. The molecular weight excluding hydrogens is 288 g/mol. The minimum absolute atomic E-state index is 0.272. The zero-order valence-corrected chi connectivity index (χ0v) is 12.5. The van der Waals surface area contributed by atoms with E-state index in [4.69, 9.17) is 5.73 Å². The molecule has 0 fully saturated rings. The highest BCUT2D eigenvalue weighted by molar-refractivity contribution is 6.04. The fourth-order valence-corrected chi connectivity index (χ4v) is 2.35. The second-order valence-corrected chi connectivity index (χ2v) is 5.04. The summed E-state index contributed by atoms with van der Waals surface area (Å²) < 4.78 is 1.74. The van der Waals surface area contributed by atoms with Gasteiger partial charge in [-0.1, -0.05) is 37.4 Å². The van der Waals surface area contributed by atoms with Crippen LogP contribution in [-0.2, 0) is 0 Å². The van der Waals surface area contributed by atoms with Gasteiger partial charge in [0.25, 0.3) is 5.91 Å². The van der Waals surface area contributed by atoms with Crippen LogP contribution >= 0.6 is 0 Å². The van der Waals surface area contributed by atoms with Gasteiger partial charge >= 0.3 is 0 Å². The zero-order chi connectivity index (χ0) is 16.4. The van der Waals surface area contributed by atoms with E-state index in [0.717, 1.165) is 16.6 Å². The Morgan fingerprint density at radius 1 is 1.17 bits per heavy atom. The number of nitrogens with zero attached hydrogens (tertiary/aromatic N) is 2. The SMILES string of the molecule is C=Cn1c(NC(=O)c2cccc(C(=C)N)c2)nc2ccccc21. The van der Waals surface area contributed by atoms with Crippen molar-refractivity contribution in [2.24, 2.45) is 5.73 Å². The number of imidazole rings is 1. The van der Waals surface area contributed by atoms with E-state index < -0.39 is 0 Å². The van der Waals surface area contributed by atoms with Gasteiger partial charge in [0.15, 0.2) is 0 Å². The van der Waals surface area contributed by atoms with Gasteiger partial charge in [0.2, 0.25) is 5.95 Å². The molecule has 5 nitrogen and oxygen atoms in total. The number of fused-ring (bicyclic) bond motifs is 1. The Bertz CT molecular complexity index is 924. The minimum atomic E-state index is -0.272. The van der Waals surface area contributed by atoms with Gasteiger partial charge < -0.3 is 5.73 Å². The van der Waals surface area contributed by atoms with E-state index in [1.54, 1.807) is 35.0 Å². The van der Waals surface area contributed by atoms with Crippen LogP contribution in [0.1, 0.15) is 15.9 Å². The fraction of sp³-hybridized carbons (Fsp3) is 0. The Balaban J connectivity index is 1.96. The molecule has 0 unspecified atom stereocenters. The summed E-state index contributed by atoms with van der Waals surface area (Å²) in [4.78, 5) is 16.9. The van der Waals surface area contributed by atoms with Crippen molar-refractivity contribution in [3.63, 3.8) is 0 Å². The second-order valence-electron chi connectivity index (χ2n) is 5.04. The summed E-state index contributed by atoms with van der Waals surface area (Å²) in [6.07, 6.45) is 1.61. The van der Waals surface area contributed by atoms with Crippen molar-refractivity contribution in [1.29, 1.82) is 0 Å². The van der Waals surface area contributed by atoms with Crippen LogP contribution in [-0.4, -0.2) is 15.5 Å². The molecule has 3 rings (SSSR count). The molecule has 0 bridgehead atoms. The molecular formula is C18H16N4O. The molecule has 3 N–H and O–H groups in total. The molecule has 1 heterocycles. The summed E-state index contributed by atoms with van der Waals surface area (Å²) >= 11 is 0. The maximum atomic E-state index is 12.5. The topological polar surface area (TPSA) is 72.9 Å². The molecule has 0 aliphatic heterocycles. The summed E-state index contributed by atoms with van der Waals surface area (Å²) in [5.74, 6) is 0.148. The molecule has 0 radical (unpaired) electrons. The Morgan fingerprint density at radius 2 is 1.91 bits per heavy atom. The van der Waals surface area contributed by atoms with Crippen LogP contribution in [0.15, 0.2) is 61.7 Å². The Hall–Kier alpha value is -3.34. The van der Waals surface area contributed by atoms with Gasteiger partial charge in [0.1, 0.15) is 0 Å². The van der Waals surface area contributed by atoms with Crippen LogP contribution in [0.5, 0.6) is 0 Å². The Labute approximate surface area is 133 Å². The fourth-order valence-electron chi connectivity index (χ4n) is 2.35. The monoisotopic (exact) mass is 304 g/mol. The number of amides is 1. The third-order valence-electron chi connectivity index (χ3n) is 3.50. The minimum Gasteiger partial charge on any atom is -0.399 e. The van der Waals surface area contributed by atoms with Crippen LogP contribution in [0.3, 0.4) is 0 Å². The van der Waals surface area contributed by atoms with E-state index in [0.29, 0.717) is 17.2 Å². The van der Waals surface area contributed by atoms with Gasteiger partial charge in [-0.05, 0) is 29.8 Å². The van der Waals surface area contributed by atoms with Gasteiger partial charge in [-0.2, -0.15) is 0 Å². The highest BCUT2D eigenvalue weighted by Gasteiger charge is 2.13. The first-order chi connectivity index (χ1) is 11.1. The molecule has 5 heteroatoms. The van der Waals surface area contributed by atoms with Crippen molar-refractivity contribution in [2.45, 2.75) is 0 Å². The molecule has 2 aromatic carbocycles. The van der Waals surface area contributed by atoms with Crippen molar-refractivity contribution in [1.82, 2.24) is 9.55 Å². The molecule has 0 aliphatic carbocycles. The quantitative estimate of drug-likeness (QED) is 0.776. The average Bonchev–Trinajstić information content (AvgIpc) is 2.91. The van der Waals surface area contributed by atoms with E-state index in [-0.39, 0.29) is 5.91 Å². The summed E-state index contributed by atoms with van der Waals surface area (Å²) in [5, 5.41) is 2.80. The number of nitrogens with one attached hydrogen (secondary N) is 1. The maximum Gasteiger partial charge on any atom is 0.258 e. The number of anilines is 1. The molecule has 0 spiro atoms. The lowest BCUT2D eigenvalue weighted by atomic mass is 10.1. The Kier molecular flexibility index (Phi) is 3.68. The number of hydrogen-bond donors (Lipinski definition) is 2. The third kappa shape index (κ3) is 2.72. The first-order valence-corrected chi connectivity index (χ1v) is 7.06. The third-order valence-corrected chi connectivity index (χ3v) is 3.50. The standard InChI is InChI=1S/C18H16N4O/c1-3-22-16-10-5-4-9-15(16)20-18(22)21-17(23)14-8-6-7-13(11-14)12(2)19/h3-11H,1-2,19H2,(H,20,21,23). The lowest BCUT2D eigenvalue weighted by molar-refractivity contribution is 0.102. The first kappa shape index (κ1) is 14.6. The summed E-state index contributed by atoms with van der Waals surface area (Å²) in [6, 6.07) is 14.6. The summed E-state index contributed by atoms with van der Waals surface area (Å²) in [5.41, 5.74) is 8.95. The molecule has 1 amide bonds. The molecule has 0 aliphatic rings. The summed E-state index contributed by atoms with van der Waals surface area (Å²) in [7, 11) is 0. The predicted molar refractivity (Wildman–Crippen MR) is 93.7 cm³/mol. The van der Waals surface area contributed by atoms with Crippen LogP contribution in [0.4, 0.5) is 5.95 Å². The van der Waals surface area contributed by atoms with E-state index in [1.807, 2.05) is 24.3 Å². The van der Waals surface area contributed by atoms with Crippen LogP contribution in [0, 0.1) is 0 Å². The van der Waals surface area contributed by atoms with Crippen molar-refractivity contribution >= 4 is 34.8 Å². The molecule has 0 saturated carbocycles. The van der Waals surface area contributed by atoms with Crippen molar-refractivity contribution in [2.75, 3.05) is 5.32 Å². The van der Waals surface area contributed by atoms with Gasteiger partial charge in [-0.3, -0.25) is 14.7 Å². The molecule has 3 aromatic rings. The second kappa shape index (κ2) is 5.81. The first-order valence-electron chi connectivity index (χ1n) is 7.06. The van der Waals surface area contributed by atoms with E-state index in [1.165, 1.54) is 0 Å². The molecule has 23 heavy (non-hydrogen) atoms. The number of hydrogen-bond acceptors (Lipinski definition) is 3. The largest absolute Gasteiger partial charge is 0.399 e. The highest BCUT2D eigenvalue weighted by atomic mass is 16.1. The van der Waals surface area contributed by atoms with Crippen molar-refractivity contribution in [3.8, 4) is 0 Å². The number of aromatic nitrogens is 2. The number of carbonyl (C=O) groups is 1. The predicted octanol–water partition coefficient (Wildman–Crippen LogP) is 3.32. The normalized spacial score (nSPS) is 10.4. The molecule has 1 aromatic heterocycles. The molecule has 0 saturated heterocycles. The number of rotatable bonds is 4. The van der Waals surface area contributed by atoms with Crippen LogP contribution < -0.4 is 11.1 Å². The lowest BCUT2D eigenvalue weighted by Gasteiger charge is -2.07. The van der Waals surface area contributed by atoms with Crippen LogP contribution in [0.2, 0.25) is 0 Å². The molecule has 114 valence electrons. The molecule has 0 atom stereocenters. The summed E-state index contributed by atoms with van der Waals surface area (Å²) in [6.45, 7) is 7.46. The average molecular weight is 304 g/mol.